The van der Waals surface area contributed by atoms with Gasteiger partial charge >= 0.3 is 5.63 Å². The van der Waals surface area contributed by atoms with E-state index in [1.54, 1.807) is 0 Å². The summed E-state index contributed by atoms with van der Waals surface area (Å²) in [4.78, 5) is 16.7. The van der Waals surface area contributed by atoms with Crippen LogP contribution in [0.4, 0.5) is 10.1 Å². The molecule has 0 bridgehead atoms. The third-order valence-corrected chi connectivity index (χ3v) is 4.67. The fourth-order valence-electron chi connectivity index (χ4n) is 3.27. The molecule has 0 saturated carbocycles. The molecule has 4 rings (SSSR count). The largest absolute Gasteiger partial charge is 0.422 e. The third kappa shape index (κ3) is 3.42. The summed E-state index contributed by atoms with van der Waals surface area (Å²) in [7, 11) is 0. The van der Waals surface area contributed by atoms with Gasteiger partial charge in [-0.1, -0.05) is 18.2 Å². The van der Waals surface area contributed by atoms with Crippen LogP contribution in [0.2, 0.25) is 0 Å². The summed E-state index contributed by atoms with van der Waals surface area (Å²) in [5.74, 6) is -0.217. The van der Waals surface area contributed by atoms with Crippen molar-refractivity contribution in [2.75, 3.05) is 31.1 Å². The van der Waals surface area contributed by atoms with Crippen molar-refractivity contribution in [2.24, 2.45) is 0 Å². The minimum absolute atomic E-state index is 0.217. The van der Waals surface area contributed by atoms with E-state index in [2.05, 4.69) is 9.80 Å². The van der Waals surface area contributed by atoms with E-state index < -0.39 is 0 Å². The maximum atomic E-state index is 13.0. The number of nitrogens with zero attached hydrogens (tertiary/aromatic N) is 2. The quantitative estimate of drug-likeness (QED) is 0.687. The molecule has 0 N–H and O–H groups in total. The second kappa shape index (κ2) is 6.69. The van der Waals surface area contributed by atoms with Crippen molar-refractivity contribution in [1.29, 1.82) is 0 Å². The molecular weight excluding hydrogens is 319 g/mol. The average molecular weight is 338 g/mol. The number of fused-ring (bicyclic) bond motifs is 1. The highest BCUT2D eigenvalue weighted by Gasteiger charge is 2.19. The maximum absolute atomic E-state index is 13.0. The average Bonchev–Trinajstić information content (AvgIpc) is 2.64. The number of piperazine rings is 1. The molecule has 2 heterocycles. The van der Waals surface area contributed by atoms with Crippen LogP contribution >= 0.6 is 0 Å². The minimum Gasteiger partial charge on any atom is -0.422 e. The topological polar surface area (TPSA) is 36.7 Å². The highest BCUT2D eigenvalue weighted by Crippen LogP contribution is 2.18. The Morgan fingerprint density at radius 3 is 2.44 bits per heavy atom. The number of hydrogen-bond donors (Lipinski definition) is 0. The molecule has 4 nitrogen and oxygen atoms in total. The standard InChI is InChI=1S/C20H19FN2O2/c21-17-5-7-18(8-6-17)23-11-9-22(10-12-23)14-16-13-15-3-1-2-4-19(15)25-20(16)24/h1-8,13H,9-12,14H2. The first kappa shape index (κ1) is 15.8. The van der Waals surface area contributed by atoms with Crippen LogP contribution in [0.3, 0.4) is 0 Å². The molecule has 0 spiro atoms. The van der Waals surface area contributed by atoms with E-state index in [1.165, 1.54) is 12.1 Å². The summed E-state index contributed by atoms with van der Waals surface area (Å²) >= 11 is 0. The Morgan fingerprint density at radius 2 is 1.68 bits per heavy atom. The maximum Gasteiger partial charge on any atom is 0.340 e. The van der Waals surface area contributed by atoms with Crippen molar-refractivity contribution in [3.05, 3.63) is 76.4 Å². The van der Waals surface area contributed by atoms with Gasteiger partial charge in [-0.3, -0.25) is 4.90 Å². The number of rotatable bonds is 3. The number of halogens is 1. The van der Waals surface area contributed by atoms with Crippen LogP contribution in [0.15, 0.2) is 63.8 Å². The molecule has 3 aromatic rings. The minimum atomic E-state index is -0.264. The van der Waals surface area contributed by atoms with Crippen molar-refractivity contribution in [1.82, 2.24) is 4.90 Å². The van der Waals surface area contributed by atoms with Crippen LogP contribution in [0.5, 0.6) is 0 Å². The zero-order valence-electron chi connectivity index (χ0n) is 13.8. The van der Waals surface area contributed by atoms with Crippen molar-refractivity contribution in [3.63, 3.8) is 0 Å². The Bertz CT molecular complexity index is 928. The van der Waals surface area contributed by atoms with Crippen molar-refractivity contribution in [3.8, 4) is 0 Å². The van der Waals surface area contributed by atoms with E-state index in [-0.39, 0.29) is 11.4 Å². The molecule has 5 heteroatoms. The van der Waals surface area contributed by atoms with E-state index in [1.807, 2.05) is 42.5 Å². The van der Waals surface area contributed by atoms with E-state index in [9.17, 15) is 9.18 Å². The number of anilines is 1. The SMILES string of the molecule is O=c1oc2ccccc2cc1CN1CCN(c2ccc(F)cc2)CC1. The van der Waals surface area contributed by atoms with Crippen LogP contribution in [0.25, 0.3) is 11.0 Å². The molecule has 25 heavy (non-hydrogen) atoms. The second-order valence-electron chi connectivity index (χ2n) is 6.34. The highest BCUT2D eigenvalue weighted by atomic mass is 19.1. The number of benzene rings is 2. The molecule has 1 fully saturated rings. The Balaban J connectivity index is 1.44. The Kier molecular flexibility index (Phi) is 4.24. The lowest BCUT2D eigenvalue weighted by atomic mass is 10.1. The molecule has 0 aliphatic carbocycles. The Morgan fingerprint density at radius 1 is 0.960 bits per heavy atom. The molecule has 1 saturated heterocycles. The molecule has 1 aliphatic rings. The van der Waals surface area contributed by atoms with Crippen LogP contribution in [0.1, 0.15) is 5.56 Å². The predicted molar refractivity (Wildman–Crippen MR) is 96.4 cm³/mol. The first-order valence-electron chi connectivity index (χ1n) is 8.44. The monoisotopic (exact) mass is 338 g/mol. The molecule has 0 atom stereocenters. The predicted octanol–water partition coefficient (Wildman–Crippen LogP) is 3.25. The summed E-state index contributed by atoms with van der Waals surface area (Å²) in [6, 6.07) is 16.1. The lowest BCUT2D eigenvalue weighted by Gasteiger charge is -2.36. The summed E-state index contributed by atoms with van der Waals surface area (Å²) in [5, 5.41) is 0.946. The van der Waals surface area contributed by atoms with Crippen LogP contribution in [-0.4, -0.2) is 31.1 Å². The zero-order chi connectivity index (χ0) is 17.2. The molecule has 0 radical (unpaired) electrons. The second-order valence-corrected chi connectivity index (χ2v) is 6.34. The van der Waals surface area contributed by atoms with Crippen LogP contribution in [0, 0.1) is 5.82 Å². The van der Waals surface area contributed by atoms with E-state index in [4.69, 9.17) is 4.42 Å². The molecule has 1 aliphatic heterocycles. The molecule has 0 unspecified atom stereocenters. The van der Waals surface area contributed by atoms with Crippen LogP contribution in [-0.2, 0) is 6.54 Å². The number of para-hydroxylation sites is 1. The summed E-state index contributed by atoms with van der Waals surface area (Å²) in [6.07, 6.45) is 0. The smallest absolute Gasteiger partial charge is 0.340 e. The fourth-order valence-corrected chi connectivity index (χ4v) is 3.27. The van der Waals surface area contributed by atoms with Crippen molar-refractivity contribution >= 4 is 16.7 Å². The van der Waals surface area contributed by atoms with Crippen molar-refractivity contribution < 1.29 is 8.81 Å². The summed E-state index contributed by atoms with van der Waals surface area (Å²) in [6.45, 7) is 3.99. The number of hydrogen-bond acceptors (Lipinski definition) is 4. The molecular formula is C20H19FN2O2. The lowest BCUT2D eigenvalue weighted by Crippen LogP contribution is -2.46. The molecule has 0 amide bonds. The molecule has 2 aromatic carbocycles. The van der Waals surface area contributed by atoms with Gasteiger partial charge in [0, 0.05) is 43.8 Å². The normalized spacial score (nSPS) is 15.6. The van der Waals surface area contributed by atoms with E-state index in [0.29, 0.717) is 17.7 Å². The van der Waals surface area contributed by atoms with Gasteiger partial charge in [-0.15, -0.1) is 0 Å². The van der Waals surface area contributed by atoms with Gasteiger partial charge in [0.15, 0.2) is 0 Å². The lowest BCUT2D eigenvalue weighted by molar-refractivity contribution is 0.247. The molecule has 128 valence electrons. The van der Waals surface area contributed by atoms with Gasteiger partial charge in [-0.05, 0) is 36.4 Å². The first-order chi connectivity index (χ1) is 12.2. The van der Waals surface area contributed by atoms with Crippen molar-refractivity contribution in [2.45, 2.75) is 6.54 Å². The van der Waals surface area contributed by atoms with Gasteiger partial charge in [-0.25, -0.2) is 9.18 Å². The Labute approximate surface area is 145 Å². The molecule has 1 aromatic heterocycles. The highest BCUT2D eigenvalue weighted by molar-refractivity contribution is 5.76. The van der Waals surface area contributed by atoms with Crippen LogP contribution < -0.4 is 10.5 Å². The zero-order valence-corrected chi connectivity index (χ0v) is 13.8. The van der Waals surface area contributed by atoms with E-state index in [0.717, 1.165) is 37.3 Å². The van der Waals surface area contributed by atoms with Gasteiger partial charge in [-0.2, -0.15) is 0 Å². The fraction of sp³-hybridized carbons (Fsp3) is 0.250. The van der Waals surface area contributed by atoms with Gasteiger partial charge in [0.1, 0.15) is 11.4 Å². The third-order valence-electron chi connectivity index (χ3n) is 4.67. The van der Waals surface area contributed by atoms with Gasteiger partial charge in [0.25, 0.3) is 0 Å². The summed E-state index contributed by atoms with van der Waals surface area (Å²) < 4.78 is 18.4. The Hall–Kier alpha value is -2.66. The summed E-state index contributed by atoms with van der Waals surface area (Å²) in [5.41, 5.74) is 2.08. The van der Waals surface area contributed by atoms with Gasteiger partial charge < -0.3 is 9.32 Å². The van der Waals surface area contributed by atoms with Gasteiger partial charge in [0.05, 0.1) is 5.56 Å². The van der Waals surface area contributed by atoms with E-state index >= 15 is 0 Å². The van der Waals surface area contributed by atoms with Gasteiger partial charge in [0.2, 0.25) is 0 Å². The first-order valence-corrected chi connectivity index (χ1v) is 8.44.